The van der Waals surface area contributed by atoms with Crippen LogP contribution in [0.4, 0.5) is 5.69 Å². The Hall–Kier alpha value is -2.81. The lowest BCUT2D eigenvalue weighted by molar-refractivity contribution is -0.115. The Morgan fingerprint density at radius 2 is 1.70 bits per heavy atom. The average Bonchev–Trinajstić information content (AvgIpc) is 3.06. The molecule has 1 heterocycles. The Kier molecular flexibility index (Phi) is 4.29. The van der Waals surface area contributed by atoms with E-state index in [2.05, 4.69) is 5.32 Å². The van der Waals surface area contributed by atoms with E-state index >= 15 is 0 Å². The zero-order chi connectivity index (χ0) is 16.2. The highest BCUT2D eigenvalue weighted by Gasteiger charge is 2.06. The summed E-state index contributed by atoms with van der Waals surface area (Å²) in [5, 5.41) is 3.00. The van der Waals surface area contributed by atoms with Gasteiger partial charge in [-0.1, -0.05) is 24.3 Å². The fraction of sp³-hybridized carbons (Fsp3) is 0.150. The van der Waals surface area contributed by atoms with E-state index in [1.54, 1.807) is 0 Å². The highest BCUT2D eigenvalue weighted by molar-refractivity contribution is 5.93. The van der Waals surface area contributed by atoms with Crippen molar-refractivity contribution in [3.05, 3.63) is 83.7 Å². The van der Waals surface area contributed by atoms with Crippen LogP contribution in [-0.2, 0) is 11.2 Å². The van der Waals surface area contributed by atoms with Crippen molar-refractivity contribution in [3.63, 3.8) is 0 Å². The van der Waals surface area contributed by atoms with Crippen LogP contribution in [0.5, 0.6) is 0 Å². The van der Waals surface area contributed by atoms with Gasteiger partial charge in [0.05, 0.1) is 6.42 Å². The third-order valence-corrected chi connectivity index (χ3v) is 3.87. The molecule has 3 nitrogen and oxygen atoms in total. The quantitative estimate of drug-likeness (QED) is 0.767. The summed E-state index contributed by atoms with van der Waals surface area (Å²) < 4.78 is 2.04. The first kappa shape index (κ1) is 15.1. The number of amides is 1. The maximum absolute atomic E-state index is 12.2. The standard InChI is InChI=1S/C20H20N2O/c1-15-5-6-16(2)19(13-15)21-20(23)14-17-7-9-18(10-8-17)22-11-3-4-12-22/h3-13H,14H2,1-2H3,(H,21,23). The predicted molar refractivity (Wildman–Crippen MR) is 94.0 cm³/mol. The van der Waals surface area contributed by atoms with Crippen LogP contribution in [-0.4, -0.2) is 10.5 Å². The number of nitrogens with zero attached hydrogens (tertiary/aromatic N) is 1. The second kappa shape index (κ2) is 6.53. The largest absolute Gasteiger partial charge is 0.326 e. The molecular formula is C20H20N2O. The number of aryl methyl sites for hydroxylation is 2. The summed E-state index contributed by atoms with van der Waals surface area (Å²) in [6.45, 7) is 4.02. The van der Waals surface area contributed by atoms with Crippen molar-refractivity contribution in [3.8, 4) is 5.69 Å². The lowest BCUT2D eigenvalue weighted by atomic mass is 10.1. The molecule has 116 valence electrons. The van der Waals surface area contributed by atoms with Gasteiger partial charge in [0.15, 0.2) is 0 Å². The van der Waals surface area contributed by atoms with Gasteiger partial charge in [0.2, 0.25) is 5.91 Å². The molecule has 0 atom stereocenters. The fourth-order valence-electron chi connectivity index (χ4n) is 2.54. The molecule has 3 heteroatoms. The zero-order valence-electron chi connectivity index (χ0n) is 13.4. The molecule has 0 saturated carbocycles. The van der Waals surface area contributed by atoms with Crippen LogP contribution < -0.4 is 5.32 Å². The van der Waals surface area contributed by atoms with Crippen molar-refractivity contribution in [2.24, 2.45) is 0 Å². The SMILES string of the molecule is Cc1ccc(C)c(NC(=O)Cc2ccc(-n3cccc3)cc2)c1. The Balaban J connectivity index is 1.67. The average molecular weight is 304 g/mol. The maximum atomic E-state index is 12.2. The van der Waals surface area contributed by atoms with Crippen molar-refractivity contribution in [1.29, 1.82) is 0 Å². The highest BCUT2D eigenvalue weighted by atomic mass is 16.1. The molecule has 1 N–H and O–H groups in total. The molecule has 0 aliphatic carbocycles. The summed E-state index contributed by atoms with van der Waals surface area (Å²) in [5.74, 6) is 0.00686. The lowest BCUT2D eigenvalue weighted by Crippen LogP contribution is -2.15. The number of benzene rings is 2. The van der Waals surface area contributed by atoms with Gasteiger partial charge in [-0.05, 0) is 60.9 Å². The van der Waals surface area contributed by atoms with E-state index in [4.69, 9.17) is 0 Å². The first-order valence-electron chi connectivity index (χ1n) is 7.71. The second-order valence-electron chi connectivity index (χ2n) is 5.80. The van der Waals surface area contributed by atoms with Crippen molar-refractivity contribution in [2.75, 3.05) is 5.32 Å². The number of carbonyl (C=O) groups excluding carboxylic acids is 1. The van der Waals surface area contributed by atoms with Crippen LogP contribution in [0.15, 0.2) is 67.0 Å². The summed E-state index contributed by atoms with van der Waals surface area (Å²) in [6.07, 6.45) is 4.38. The summed E-state index contributed by atoms with van der Waals surface area (Å²) in [7, 11) is 0. The van der Waals surface area contributed by atoms with E-state index in [1.807, 2.05) is 85.4 Å². The lowest BCUT2D eigenvalue weighted by Gasteiger charge is -2.10. The summed E-state index contributed by atoms with van der Waals surface area (Å²) in [4.78, 5) is 12.2. The van der Waals surface area contributed by atoms with Gasteiger partial charge >= 0.3 is 0 Å². The fourth-order valence-corrected chi connectivity index (χ4v) is 2.54. The minimum Gasteiger partial charge on any atom is -0.326 e. The van der Waals surface area contributed by atoms with Crippen LogP contribution in [0.25, 0.3) is 5.69 Å². The molecule has 0 unspecified atom stereocenters. The number of anilines is 1. The van der Waals surface area contributed by atoms with Gasteiger partial charge in [-0.2, -0.15) is 0 Å². The van der Waals surface area contributed by atoms with Gasteiger partial charge in [-0.25, -0.2) is 0 Å². The van der Waals surface area contributed by atoms with Crippen LogP contribution in [0.1, 0.15) is 16.7 Å². The molecule has 3 aromatic rings. The Morgan fingerprint density at radius 3 is 2.39 bits per heavy atom. The molecule has 3 rings (SSSR count). The smallest absolute Gasteiger partial charge is 0.228 e. The number of hydrogen-bond acceptors (Lipinski definition) is 1. The number of nitrogens with one attached hydrogen (secondary N) is 1. The van der Waals surface area contributed by atoms with Gasteiger partial charge < -0.3 is 9.88 Å². The molecule has 1 amide bonds. The van der Waals surface area contributed by atoms with E-state index in [0.717, 1.165) is 28.1 Å². The van der Waals surface area contributed by atoms with Crippen LogP contribution in [0.2, 0.25) is 0 Å². The summed E-state index contributed by atoms with van der Waals surface area (Å²) >= 11 is 0. The van der Waals surface area contributed by atoms with E-state index < -0.39 is 0 Å². The summed E-state index contributed by atoms with van der Waals surface area (Å²) in [5.41, 5.74) is 5.20. The van der Waals surface area contributed by atoms with Gasteiger partial charge in [-0.3, -0.25) is 4.79 Å². The maximum Gasteiger partial charge on any atom is 0.228 e. The Bertz CT molecular complexity index is 802. The first-order chi connectivity index (χ1) is 11.1. The molecule has 0 bridgehead atoms. The van der Waals surface area contributed by atoms with Gasteiger partial charge in [0, 0.05) is 23.8 Å². The Morgan fingerprint density at radius 1 is 1.00 bits per heavy atom. The van der Waals surface area contributed by atoms with Crippen LogP contribution in [0.3, 0.4) is 0 Å². The molecular weight excluding hydrogens is 284 g/mol. The first-order valence-corrected chi connectivity index (χ1v) is 7.71. The minimum atomic E-state index is 0.00686. The van der Waals surface area contributed by atoms with Gasteiger partial charge in [0.1, 0.15) is 0 Å². The summed E-state index contributed by atoms with van der Waals surface area (Å²) in [6, 6.07) is 18.1. The number of hydrogen-bond donors (Lipinski definition) is 1. The molecule has 2 aromatic carbocycles. The van der Waals surface area contributed by atoms with E-state index in [9.17, 15) is 4.79 Å². The Labute approximate surface area is 136 Å². The predicted octanol–water partition coefficient (Wildman–Crippen LogP) is 4.28. The molecule has 0 spiro atoms. The third-order valence-electron chi connectivity index (χ3n) is 3.87. The van der Waals surface area contributed by atoms with Crippen molar-refractivity contribution < 1.29 is 4.79 Å². The molecule has 0 aliphatic rings. The number of rotatable bonds is 4. The van der Waals surface area contributed by atoms with E-state index in [-0.39, 0.29) is 5.91 Å². The molecule has 23 heavy (non-hydrogen) atoms. The normalized spacial score (nSPS) is 10.5. The number of aromatic nitrogens is 1. The minimum absolute atomic E-state index is 0.00686. The number of carbonyl (C=O) groups is 1. The molecule has 0 aliphatic heterocycles. The monoisotopic (exact) mass is 304 g/mol. The second-order valence-corrected chi connectivity index (χ2v) is 5.80. The highest BCUT2D eigenvalue weighted by Crippen LogP contribution is 2.17. The van der Waals surface area contributed by atoms with E-state index in [1.165, 1.54) is 0 Å². The zero-order valence-corrected chi connectivity index (χ0v) is 13.4. The molecule has 0 saturated heterocycles. The molecule has 0 fully saturated rings. The van der Waals surface area contributed by atoms with Crippen molar-refractivity contribution in [2.45, 2.75) is 20.3 Å². The van der Waals surface area contributed by atoms with Gasteiger partial charge in [0.25, 0.3) is 0 Å². The van der Waals surface area contributed by atoms with E-state index in [0.29, 0.717) is 6.42 Å². The van der Waals surface area contributed by atoms with Crippen LogP contribution in [0, 0.1) is 13.8 Å². The van der Waals surface area contributed by atoms with Crippen molar-refractivity contribution in [1.82, 2.24) is 4.57 Å². The van der Waals surface area contributed by atoms with Gasteiger partial charge in [-0.15, -0.1) is 0 Å². The third kappa shape index (κ3) is 3.69. The van der Waals surface area contributed by atoms with Crippen molar-refractivity contribution >= 4 is 11.6 Å². The van der Waals surface area contributed by atoms with Crippen LogP contribution >= 0.6 is 0 Å². The topological polar surface area (TPSA) is 34.0 Å². The molecule has 1 aromatic heterocycles. The molecule has 0 radical (unpaired) electrons.